The van der Waals surface area contributed by atoms with Crippen LogP contribution in [-0.4, -0.2) is 20.9 Å². The maximum atomic E-state index is 12.7. The molecule has 9 heteroatoms. The van der Waals surface area contributed by atoms with Crippen molar-refractivity contribution in [3.05, 3.63) is 113 Å². The molecule has 0 aliphatic rings. The van der Waals surface area contributed by atoms with Crippen molar-refractivity contribution in [2.24, 2.45) is 0 Å². The Kier molecular flexibility index (Phi) is 8.32. The van der Waals surface area contributed by atoms with E-state index in [1.165, 1.54) is 18.2 Å². The number of anilines is 2. The van der Waals surface area contributed by atoms with E-state index < -0.39 is 10.0 Å². The Morgan fingerprint density at radius 3 is 2.19 bits per heavy atom. The Labute approximate surface area is 221 Å². The number of amides is 1. The molecule has 0 saturated heterocycles. The quantitative estimate of drug-likeness (QED) is 0.257. The van der Waals surface area contributed by atoms with Crippen molar-refractivity contribution in [2.45, 2.75) is 18.4 Å². The average Bonchev–Trinajstić information content (AvgIpc) is 2.89. The lowest BCUT2D eigenvalue weighted by atomic mass is 10.2. The van der Waals surface area contributed by atoms with E-state index in [-0.39, 0.29) is 17.4 Å². The number of carbonyl (C=O) groups excluding carboxylic acids is 1. The molecule has 0 bridgehead atoms. The van der Waals surface area contributed by atoms with Gasteiger partial charge in [-0.3, -0.25) is 9.52 Å². The number of ether oxygens (including phenoxy) is 2. The lowest BCUT2D eigenvalue weighted by Crippen LogP contribution is -2.20. The number of halogens is 1. The summed E-state index contributed by atoms with van der Waals surface area (Å²) >= 11 is 5.85. The van der Waals surface area contributed by atoms with Crippen molar-refractivity contribution in [3.63, 3.8) is 0 Å². The lowest BCUT2D eigenvalue weighted by molar-refractivity contribution is -0.118. The van der Waals surface area contributed by atoms with Crippen LogP contribution in [0.2, 0.25) is 5.02 Å². The van der Waals surface area contributed by atoms with Crippen LogP contribution in [0.15, 0.2) is 102 Å². The van der Waals surface area contributed by atoms with Crippen molar-refractivity contribution in [2.75, 3.05) is 16.6 Å². The van der Waals surface area contributed by atoms with Gasteiger partial charge in [0.2, 0.25) is 0 Å². The summed E-state index contributed by atoms with van der Waals surface area (Å²) < 4.78 is 39.3. The van der Waals surface area contributed by atoms with Gasteiger partial charge in [0.25, 0.3) is 15.9 Å². The normalized spacial score (nSPS) is 11.0. The molecule has 4 rings (SSSR count). The van der Waals surface area contributed by atoms with Crippen LogP contribution in [0.5, 0.6) is 11.5 Å². The van der Waals surface area contributed by atoms with Gasteiger partial charge in [-0.2, -0.15) is 0 Å². The van der Waals surface area contributed by atoms with Crippen LogP contribution in [0, 0.1) is 6.92 Å². The molecule has 0 aliphatic carbocycles. The summed E-state index contributed by atoms with van der Waals surface area (Å²) in [7, 11) is -3.80. The third kappa shape index (κ3) is 7.49. The third-order valence-corrected chi connectivity index (χ3v) is 6.93. The molecule has 0 aliphatic heterocycles. The topological polar surface area (TPSA) is 93.7 Å². The molecule has 0 atom stereocenters. The van der Waals surface area contributed by atoms with Gasteiger partial charge in [-0.1, -0.05) is 41.9 Å². The molecule has 1 amide bonds. The largest absolute Gasteiger partial charge is 0.489 e. The zero-order valence-corrected chi connectivity index (χ0v) is 21.6. The summed E-state index contributed by atoms with van der Waals surface area (Å²) in [6.45, 7) is 1.93. The van der Waals surface area contributed by atoms with Crippen LogP contribution >= 0.6 is 11.6 Å². The van der Waals surface area contributed by atoms with E-state index in [2.05, 4.69) is 10.0 Å². The van der Waals surface area contributed by atoms with Crippen LogP contribution in [0.1, 0.15) is 11.1 Å². The van der Waals surface area contributed by atoms with E-state index in [9.17, 15) is 13.2 Å². The number of rotatable bonds is 10. The van der Waals surface area contributed by atoms with Gasteiger partial charge in [0.1, 0.15) is 18.1 Å². The molecule has 37 heavy (non-hydrogen) atoms. The molecule has 0 unspecified atom stereocenters. The molecular formula is C28H25ClN2O5S. The Balaban J connectivity index is 1.29. The molecule has 7 nitrogen and oxygen atoms in total. The number of hydrogen-bond donors (Lipinski definition) is 2. The number of aryl methyl sites for hydroxylation is 1. The van der Waals surface area contributed by atoms with Crippen molar-refractivity contribution < 1.29 is 22.7 Å². The molecule has 0 fully saturated rings. The maximum absolute atomic E-state index is 12.7. The molecule has 2 N–H and O–H groups in total. The second-order valence-corrected chi connectivity index (χ2v) is 10.3. The van der Waals surface area contributed by atoms with Crippen LogP contribution < -0.4 is 19.5 Å². The minimum absolute atomic E-state index is 0.0753. The number of hydrogen-bond acceptors (Lipinski definition) is 5. The first-order chi connectivity index (χ1) is 17.8. The first kappa shape index (κ1) is 26.1. The van der Waals surface area contributed by atoms with Crippen LogP contribution in [-0.2, 0) is 21.4 Å². The molecule has 0 radical (unpaired) electrons. The molecule has 4 aromatic carbocycles. The molecule has 0 heterocycles. The maximum Gasteiger partial charge on any atom is 0.262 e. The van der Waals surface area contributed by atoms with Crippen LogP contribution in [0.3, 0.4) is 0 Å². The summed E-state index contributed by atoms with van der Waals surface area (Å²) in [6, 6.07) is 27.7. The van der Waals surface area contributed by atoms with E-state index >= 15 is 0 Å². The fourth-order valence-electron chi connectivity index (χ4n) is 3.40. The van der Waals surface area contributed by atoms with Gasteiger partial charge in [-0.15, -0.1) is 0 Å². The Bertz CT molecular complexity index is 1460. The predicted octanol–water partition coefficient (Wildman–Crippen LogP) is 6.05. The molecule has 4 aromatic rings. The van der Waals surface area contributed by atoms with Crippen molar-refractivity contribution >= 4 is 38.9 Å². The van der Waals surface area contributed by atoms with E-state index in [4.69, 9.17) is 21.1 Å². The zero-order chi connectivity index (χ0) is 26.3. The molecule has 190 valence electrons. The third-order valence-electron chi connectivity index (χ3n) is 5.30. The summed E-state index contributed by atoms with van der Waals surface area (Å²) in [5.74, 6) is 0.748. The first-order valence-corrected chi connectivity index (χ1v) is 13.2. The fourth-order valence-corrected chi connectivity index (χ4v) is 4.67. The van der Waals surface area contributed by atoms with Gasteiger partial charge in [0.15, 0.2) is 6.61 Å². The van der Waals surface area contributed by atoms with E-state index in [1.807, 2.05) is 30.3 Å². The van der Waals surface area contributed by atoms with Crippen LogP contribution in [0.4, 0.5) is 11.4 Å². The SMILES string of the molecule is Cc1cc(S(=O)(=O)Nc2ccc(Cl)cc2)ccc1OCC(=O)Nc1ccc(OCc2ccccc2)cc1. The highest BCUT2D eigenvalue weighted by molar-refractivity contribution is 7.92. The number of carbonyl (C=O) groups is 1. The van der Waals surface area contributed by atoms with Crippen molar-refractivity contribution in [1.82, 2.24) is 0 Å². The molecule has 0 saturated carbocycles. The van der Waals surface area contributed by atoms with Gasteiger partial charge in [0.05, 0.1) is 4.90 Å². The standard InChI is InChI=1S/C28H25ClN2O5S/c1-20-17-26(37(33,34)31-24-9-7-22(29)8-10-24)15-16-27(20)36-19-28(32)30-23-11-13-25(14-12-23)35-18-21-5-3-2-4-6-21/h2-17,31H,18-19H2,1H3,(H,30,32). The van der Waals surface area contributed by atoms with E-state index in [1.54, 1.807) is 55.5 Å². The highest BCUT2D eigenvalue weighted by Crippen LogP contribution is 2.24. The van der Waals surface area contributed by atoms with E-state index in [0.29, 0.717) is 40.1 Å². The van der Waals surface area contributed by atoms with Gasteiger partial charge in [-0.05, 0) is 84.8 Å². The Hall–Kier alpha value is -4.01. The Morgan fingerprint density at radius 2 is 1.51 bits per heavy atom. The van der Waals surface area contributed by atoms with E-state index in [0.717, 1.165) is 5.56 Å². The predicted molar refractivity (Wildman–Crippen MR) is 145 cm³/mol. The van der Waals surface area contributed by atoms with Crippen molar-refractivity contribution in [3.8, 4) is 11.5 Å². The smallest absolute Gasteiger partial charge is 0.262 e. The summed E-state index contributed by atoms with van der Waals surface area (Å²) in [5.41, 5.74) is 2.64. The monoisotopic (exact) mass is 536 g/mol. The van der Waals surface area contributed by atoms with Crippen LogP contribution in [0.25, 0.3) is 0 Å². The summed E-state index contributed by atoms with van der Waals surface area (Å²) in [6.07, 6.45) is 0. The Morgan fingerprint density at radius 1 is 0.838 bits per heavy atom. The van der Waals surface area contributed by atoms with Gasteiger partial charge < -0.3 is 14.8 Å². The second kappa shape index (κ2) is 11.8. The second-order valence-electron chi connectivity index (χ2n) is 8.18. The fraction of sp³-hybridized carbons (Fsp3) is 0.107. The average molecular weight is 537 g/mol. The number of nitrogens with one attached hydrogen (secondary N) is 2. The number of benzene rings is 4. The zero-order valence-electron chi connectivity index (χ0n) is 20.0. The van der Waals surface area contributed by atoms with Gasteiger partial charge >= 0.3 is 0 Å². The summed E-state index contributed by atoms with van der Waals surface area (Å²) in [5, 5.41) is 3.27. The minimum atomic E-state index is -3.80. The van der Waals surface area contributed by atoms with Gasteiger partial charge in [-0.25, -0.2) is 8.42 Å². The molecule has 0 spiro atoms. The molecule has 0 aromatic heterocycles. The lowest BCUT2D eigenvalue weighted by Gasteiger charge is -2.13. The molecular weight excluding hydrogens is 512 g/mol. The minimum Gasteiger partial charge on any atom is -0.489 e. The number of sulfonamides is 1. The highest BCUT2D eigenvalue weighted by atomic mass is 35.5. The van der Waals surface area contributed by atoms with Gasteiger partial charge in [0, 0.05) is 16.4 Å². The highest BCUT2D eigenvalue weighted by Gasteiger charge is 2.16. The van der Waals surface area contributed by atoms with Crippen molar-refractivity contribution in [1.29, 1.82) is 0 Å². The first-order valence-electron chi connectivity index (χ1n) is 11.4. The summed E-state index contributed by atoms with van der Waals surface area (Å²) in [4.78, 5) is 12.4.